The lowest BCUT2D eigenvalue weighted by atomic mass is 10.0. The standard InChI is InChI=1S/C96H172NO8P/c1-6-8-10-12-14-16-18-20-22-24-26-28-30-32-34-36-38-40-42-44-46-48-50-52-54-56-58-60-62-64-66-68-70-72-74-76-78-80-82-84-86-88-95(98)102-92-94(93-104-106(100,101)103-91-90-97(3,4)5)105-96(99)89-87-85-83-81-79-77-75-73-71-69-67-65-63-61-59-57-55-53-51-49-47-45-43-41-39-37-35-33-31-29-27-25-23-21-19-17-15-13-11-9-7-2/h9,11,15,17,21,23,27,29,33,35,39,41,45,47,51,53,57,59,63,65,94H,6-8,10,12-14,16,18-20,22,24-26,28,30-32,34,36-38,40,42-44,46,48-50,52,54-56,58,60-62,64,66-93H2,1-5H3/b11-9-,17-15-,23-21-,29-27-,35-33-,41-39-,47-45-,53-51-,59-57-,65-63-. The molecule has 614 valence electrons. The number of phosphoric ester groups is 1. The fourth-order valence-corrected chi connectivity index (χ4v) is 13.9. The number of allylic oxidation sites excluding steroid dienone is 20. The number of nitrogens with zero attached hydrogens (tertiary/aromatic N) is 1. The summed E-state index contributed by atoms with van der Waals surface area (Å²) < 4.78 is 34.5. The van der Waals surface area contributed by atoms with Crippen molar-refractivity contribution >= 4 is 19.8 Å². The van der Waals surface area contributed by atoms with Crippen molar-refractivity contribution in [1.29, 1.82) is 0 Å². The van der Waals surface area contributed by atoms with E-state index in [1.165, 1.54) is 283 Å². The summed E-state index contributed by atoms with van der Waals surface area (Å²) >= 11 is 0. The van der Waals surface area contributed by atoms with Crippen LogP contribution in [-0.2, 0) is 32.7 Å². The Morgan fingerprint density at radius 1 is 0.302 bits per heavy atom. The van der Waals surface area contributed by atoms with E-state index in [1.807, 2.05) is 21.1 Å². The van der Waals surface area contributed by atoms with Gasteiger partial charge in [-0.2, -0.15) is 0 Å². The topological polar surface area (TPSA) is 111 Å². The van der Waals surface area contributed by atoms with Crippen LogP contribution in [-0.4, -0.2) is 70.0 Å². The van der Waals surface area contributed by atoms with E-state index in [-0.39, 0.29) is 32.0 Å². The van der Waals surface area contributed by atoms with E-state index >= 15 is 0 Å². The molecule has 0 spiro atoms. The summed E-state index contributed by atoms with van der Waals surface area (Å²) in [4.78, 5) is 38.3. The van der Waals surface area contributed by atoms with Crippen LogP contribution in [0.3, 0.4) is 0 Å². The van der Waals surface area contributed by atoms with Crippen LogP contribution in [0.2, 0.25) is 0 Å². The summed E-state index contributed by atoms with van der Waals surface area (Å²) in [5.74, 6) is -0.826. The van der Waals surface area contributed by atoms with Crippen molar-refractivity contribution in [2.75, 3.05) is 47.5 Å². The van der Waals surface area contributed by atoms with Gasteiger partial charge in [0.05, 0.1) is 27.7 Å². The van der Waals surface area contributed by atoms with Crippen LogP contribution in [0, 0.1) is 0 Å². The number of rotatable bonds is 84. The molecule has 0 fully saturated rings. The van der Waals surface area contributed by atoms with Crippen LogP contribution < -0.4 is 4.89 Å². The number of hydrogen-bond acceptors (Lipinski definition) is 8. The summed E-state index contributed by atoms with van der Waals surface area (Å²) in [5.41, 5.74) is 0. The third-order valence-electron chi connectivity index (χ3n) is 20.0. The van der Waals surface area contributed by atoms with E-state index in [0.29, 0.717) is 17.4 Å². The zero-order chi connectivity index (χ0) is 76.8. The second-order valence-electron chi connectivity index (χ2n) is 31.6. The molecule has 10 heteroatoms. The fraction of sp³-hybridized carbons (Fsp3) is 0.771. The Morgan fingerprint density at radius 3 is 0.802 bits per heavy atom. The number of phosphoric acid groups is 1. The Balaban J connectivity index is 3.92. The van der Waals surface area contributed by atoms with Gasteiger partial charge in [0.25, 0.3) is 7.82 Å². The number of hydrogen-bond donors (Lipinski definition) is 0. The maximum absolute atomic E-state index is 12.9. The number of carbonyl (C=O) groups is 2. The van der Waals surface area contributed by atoms with E-state index < -0.39 is 26.5 Å². The van der Waals surface area contributed by atoms with Crippen molar-refractivity contribution in [3.8, 4) is 0 Å². The molecule has 2 atom stereocenters. The van der Waals surface area contributed by atoms with Gasteiger partial charge in [-0.05, 0) is 89.9 Å². The summed E-state index contributed by atoms with van der Waals surface area (Å²) in [7, 11) is 1.17. The summed E-state index contributed by atoms with van der Waals surface area (Å²) in [6.45, 7) is 4.17. The molecule has 0 saturated heterocycles. The molecule has 0 aromatic rings. The summed E-state index contributed by atoms with van der Waals surface area (Å²) in [5, 5.41) is 0. The quantitative estimate of drug-likeness (QED) is 0.0195. The minimum atomic E-state index is -4.66. The number of esters is 2. The van der Waals surface area contributed by atoms with Crippen molar-refractivity contribution in [3.63, 3.8) is 0 Å². The second kappa shape index (κ2) is 85.4. The lowest BCUT2D eigenvalue weighted by molar-refractivity contribution is -0.870. The third kappa shape index (κ3) is 89.3. The van der Waals surface area contributed by atoms with Crippen molar-refractivity contribution in [2.24, 2.45) is 0 Å². The van der Waals surface area contributed by atoms with E-state index in [2.05, 4.69) is 135 Å². The van der Waals surface area contributed by atoms with Gasteiger partial charge in [-0.15, -0.1) is 0 Å². The molecule has 0 aliphatic rings. The minimum absolute atomic E-state index is 0.0344. The molecular formula is C96H172NO8P. The van der Waals surface area contributed by atoms with Gasteiger partial charge in [0, 0.05) is 12.8 Å². The predicted octanol–water partition coefficient (Wildman–Crippen LogP) is 30.2. The zero-order valence-electron chi connectivity index (χ0n) is 70.4. The Bertz CT molecular complexity index is 2210. The first-order valence-corrected chi connectivity index (χ1v) is 46.7. The molecule has 0 radical (unpaired) electrons. The van der Waals surface area contributed by atoms with Gasteiger partial charge in [-0.1, -0.05) is 444 Å². The lowest BCUT2D eigenvalue weighted by Gasteiger charge is -2.28. The van der Waals surface area contributed by atoms with Gasteiger partial charge < -0.3 is 27.9 Å². The number of carbonyl (C=O) groups excluding carboxylic acids is 2. The van der Waals surface area contributed by atoms with Crippen LogP contribution in [0.15, 0.2) is 122 Å². The minimum Gasteiger partial charge on any atom is -0.756 e. The highest BCUT2D eigenvalue weighted by atomic mass is 31.2. The van der Waals surface area contributed by atoms with Gasteiger partial charge in [0.2, 0.25) is 0 Å². The van der Waals surface area contributed by atoms with Crippen molar-refractivity contribution in [2.45, 2.75) is 431 Å². The van der Waals surface area contributed by atoms with Gasteiger partial charge >= 0.3 is 11.9 Å². The Morgan fingerprint density at radius 2 is 0.538 bits per heavy atom. The molecule has 0 bridgehead atoms. The monoisotopic (exact) mass is 1500 g/mol. The average molecular weight is 1500 g/mol. The molecule has 0 saturated carbocycles. The van der Waals surface area contributed by atoms with E-state index in [0.717, 1.165) is 109 Å². The fourth-order valence-electron chi connectivity index (χ4n) is 13.2. The summed E-state index contributed by atoms with van der Waals surface area (Å²) in [6.07, 6.45) is 124. The van der Waals surface area contributed by atoms with Gasteiger partial charge in [-0.3, -0.25) is 14.2 Å². The van der Waals surface area contributed by atoms with Crippen LogP contribution in [0.1, 0.15) is 425 Å². The normalized spacial score (nSPS) is 13.5. The van der Waals surface area contributed by atoms with Crippen molar-refractivity contribution in [1.82, 2.24) is 0 Å². The third-order valence-corrected chi connectivity index (χ3v) is 21.0. The number of unbranched alkanes of at least 4 members (excludes halogenated alkanes) is 50. The van der Waals surface area contributed by atoms with Crippen molar-refractivity contribution < 1.29 is 42.1 Å². The molecule has 0 aromatic carbocycles. The van der Waals surface area contributed by atoms with E-state index in [1.54, 1.807) is 0 Å². The first-order valence-electron chi connectivity index (χ1n) is 45.2. The Hall–Kier alpha value is -3.59. The molecule has 0 aromatic heterocycles. The zero-order valence-corrected chi connectivity index (χ0v) is 71.3. The molecule has 0 heterocycles. The van der Waals surface area contributed by atoms with Gasteiger partial charge in [-0.25, -0.2) is 0 Å². The second-order valence-corrected chi connectivity index (χ2v) is 33.0. The van der Waals surface area contributed by atoms with Crippen LogP contribution >= 0.6 is 7.82 Å². The van der Waals surface area contributed by atoms with Crippen LogP contribution in [0.5, 0.6) is 0 Å². The largest absolute Gasteiger partial charge is 0.756 e. The van der Waals surface area contributed by atoms with Crippen LogP contribution in [0.25, 0.3) is 0 Å². The molecule has 0 rings (SSSR count). The maximum Gasteiger partial charge on any atom is 0.306 e. The molecule has 0 aliphatic carbocycles. The molecule has 9 nitrogen and oxygen atoms in total. The highest BCUT2D eigenvalue weighted by Gasteiger charge is 2.22. The Kier molecular flexibility index (Phi) is 82.5. The number of quaternary nitrogens is 1. The molecular weight excluding hydrogens is 1330 g/mol. The number of ether oxygens (including phenoxy) is 2. The first-order chi connectivity index (χ1) is 52.0. The highest BCUT2D eigenvalue weighted by Crippen LogP contribution is 2.38. The average Bonchev–Trinajstić information content (AvgIpc) is 0.908. The SMILES string of the molecule is CC/C=C\C/C=C\C/C=C\C/C=C\C/C=C\C/C=C\C/C=C\C/C=C\C/C=C\C/C=C\CCCCCCCCCCCCC(=O)OC(COC(=O)CCCCCCCCCCCCCCCCCCCCCCCCCCCCCCCCCCCCCCCCCCC)COP(=O)([O-])OCC[N+](C)(C)C. The molecule has 0 aliphatic heterocycles. The molecule has 0 amide bonds. The smallest absolute Gasteiger partial charge is 0.306 e. The van der Waals surface area contributed by atoms with Gasteiger partial charge in [0.15, 0.2) is 6.10 Å². The van der Waals surface area contributed by atoms with E-state index in [4.69, 9.17) is 18.5 Å². The molecule has 106 heavy (non-hydrogen) atoms. The number of likely N-dealkylation sites (N-methyl/N-ethyl adjacent to an activating group) is 1. The highest BCUT2D eigenvalue weighted by molar-refractivity contribution is 7.45. The molecule has 0 N–H and O–H groups in total. The molecule has 2 unspecified atom stereocenters. The lowest BCUT2D eigenvalue weighted by Crippen LogP contribution is -2.37. The maximum atomic E-state index is 12.9. The van der Waals surface area contributed by atoms with E-state index in [9.17, 15) is 19.0 Å². The van der Waals surface area contributed by atoms with Gasteiger partial charge in [0.1, 0.15) is 19.8 Å². The van der Waals surface area contributed by atoms with Crippen molar-refractivity contribution in [3.05, 3.63) is 122 Å². The Labute approximate surface area is 658 Å². The van der Waals surface area contributed by atoms with Crippen LogP contribution in [0.4, 0.5) is 0 Å². The first kappa shape index (κ1) is 102. The predicted molar refractivity (Wildman–Crippen MR) is 461 cm³/mol. The summed E-state index contributed by atoms with van der Waals surface area (Å²) in [6, 6.07) is 0.